The van der Waals surface area contributed by atoms with Crippen LogP contribution in [0.5, 0.6) is 0 Å². The van der Waals surface area contributed by atoms with Crippen molar-refractivity contribution in [1.29, 1.82) is 0 Å². The number of aliphatic hydroxyl groups excluding tert-OH is 1. The van der Waals surface area contributed by atoms with E-state index in [1.807, 2.05) is 0 Å². The summed E-state index contributed by atoms with van der Waals surface area (Å²) >= 11 is 0. The third-order valence-corrected chi connectivity index (χ3v) is 3.94. The van der Waals surface area contributed by atoms with E-state index in [9.17, 15) is 4.79 Å². The Morgan fingerprint density at radius 1 is 0.923 bits per heavy atom. The average Bonchev–Trinajstić information content (AvgIpc) is 2.64. The normalized spacial score (nSPS) is 13.5. The second kappa shape index (κ2) is 19.7. The largest absolute Gasteiger partial charge is 0.395 e. The first-order valence-corrected chi connectivity index (χ1v) is 10.2. The van der Waals surface area contributed by atoms with Gasteiger partial charge in [-0.15, -0.1) is 0 Å². The van der Waals surface area contributed by atoms with Crippen molar-refractivity contribution in [3.8, 4) is 0 Å². The van der Waals surface area contributed by atoms with E-state index in [1.165, 1.54) is 25.7 Å². The average molecular weight is 362 g/mol. The van der Waals surface area contributed by atoms with Gasteiger partial charge in [-0.2, -0.15) is 0 Å². The summed E-state index contributed by atoms with van der Waals surface area (Å²) in [6.45, 7) is 4.79. The maximum atomic E-state index is 11.3. The van der Waals surface area contributed by atoms with Crippen LogP contribution in [0.3, 0.4) is 0 Å². The molecule has 0 saturated carbocycles. The number of hydrogen-bond acceptors (Lipinski definition) is 2. The minimum Gasteiger partial charge on any atom is -0.395 e. The van der Waals surface area contributed by atoms with Crippen molar-refractivity contribution >= 4 is 5.91 Å². The van der Waals surface area contributed by atoms with Gasteiger partial charge in [-0.05, 0) is 44.4 Å². The number of rotatable bonds is 16. The molecule has 0 saturated heterocycles. The second-order valence-electron chi connectivity index (χ2n) is 6.59. The molecule has 0 aromatic rings. The Hall–Kier alpha value is -1.61. The summed E-state index contributed by atoms with van der Waals surface area (Å²) < 4.78 is 0. The van der Waals surface area contributed by atoms with Crippen LogP contribution < -0.4 is 5.32 Å². The van der Waals surface area contributed by atoms with E-state index >= 15 is 0 Å². The number of allylic oxidation sites excluding steroid dienone is 8. The molecule has 3 heteroatoms. The zero-order valence-corrected chi connectivity index (χ0v) is 16.8. The molecule has 1 atom stereocenters. The van der Waals surface area contributed by atoms with E-state index < -0.39 is 0 Å². The molecule has 0 rings (SSSR count). The SMILES string of the molecule is CCCCC/C=C\C/C=C\C(C)/C=C\C/C=C\CCCC(=O)NCCO. The summed E-state index contributed by atoms with van der Waals surface area (Å²) in [6.07, 6.45) is 27.1. The summed E-state index contributed by atoms with van der Waals surface area (Å²) in [4.78, 5) is 11.3. The third kappa shape index (κ3) is 18.7. The molecule has 0 aliphatic carbocycles. The van der Waals surface area contributed by atoms with Crippen LogP contribution >= 0.6 is 0 Å². The fourth-order valence-corrected chi connectivity index (χ4v) is 2.41. The first-order valence-electron chi connectivity index (χ1n) is 10.2. The number of nitrogens with one attached hydrogen (secondary N) is 1. The lowest BCUT2D eigenvalue weighted by atomic mass is 10.1. The molecular formula is C23H39NO2. The third-order valence-electron chi connectivity index (χ3n) is 3.94. The molecule has 1 amide bonds. The van der Waals surface area contributed by atoms with Crippen molar-refractivity contribution in [3.05, 3.63) is 48.6 Å². The quantitative estimate of drug-likeness (QED) is 0.282. The van der Waals surface area contributed by atoms with Crippen LogP contribution in [-0.2, 0) is 4.79 Å². The maximum absolute atomic E-state index is 11.3. The molecule has 3 nitrogen and oxygen atoms in total. The van der Waals surface area contributed by atoms with Crippen LogP contribution in [0.1, 0.15) is 71.6 Å². The Morgan fingerprint density at radius 3 is 2.12 bits per heavy atom. The molecule has 26 heavy (non-hydrogen) atoms. The first kappa shape index (κ1) is 24.4. The Balaban J connectivity index is 3.64. The van der Waals surface area contributed by atoms with Crippen LogP contribution in [0.25, 0.3) is 0 Å². The van der Waals surface area contributed by atoms with E-state index in [-0.39, 0.29) is 12.5 Å². The molecule has 0 fully saturated rings. The first-order chi connectivity index (χ1) is 12.7. The monoisotopic (exact) mass is 361 g/mol. The highest BCUT2D eigenvalue weighted by Gasteiger charge is 1.97. The molecule has 0 aliphatic heterocycles. The topological polar surface area (TPSA) is 49.3 Å². The maximum Gasteiger partial charge on any atom is 0.220 e. The minimum absolute atomic E-state index is 0.00133. The Morgan fingerprint density at radius 2 is 1.54 bits per heavy atom. The molecule has 0 heterocycles. The van der Waals surface area contributed by atoms with E-state index in [1.54, 1.807) is 0 Å². The van der Waals surface area contributed by atoms with Gasteiger partial charge in [-0.25, -0.2) is 0 Å². The molecule has 0 aliphatic rings. The van der Waals surface area contributed by atoms with Gasteiger partial charge >= 0.3 is 0 Å². The predicted octanol–water partition coefficient (Wildman–Crippen LogP) is 5.49. The zero-order valence-electron chi connectivity index (χ0n) is 16.8. The molecule has 0 aromatic carbocycles. The number of carbonyl (C=O) groups is 1. The van der Waals surface area contributed by atoms with E-state index in [2.05, 4.69) is 67.8 Å². The second-order valence-corrected chi connectivity index (χ2v) is 6.59. The van der Waals surface area contributed by atoms with Crippen LogP contribution in [0.15, 0.2) is 48.6 Å². The zero-order chi connectivity index (χ0) is 19.3. The van der Waals surface area contributed by atoms with Gasteiger partial charge in [0.1, 0.15) is 0 Å². The molecular weight excluding hydrogens is 322 g/mol. The molecule has 0 radical (unpaired) electrons. The molecule has 148 valence electrons. The van der Waals surface area contributed by atoms with Crippen LogP contribution in [0.2, 0.25) is 0 Å². The lowest BCUT2D eigenvalue weighted by Gasteiger charge is -2.00. The number of amides is 1. The summed E-state index contributed by atoms with van der Waals surface area (Å²) in [7, 11) is 0. The highest BCUT2D eigenvalue weighted by Crippen LogP contribution is 2.04. The predicted molar refractivity (Wildman–Crippen MR) is 113 cm³/mol. The van der Waals surface area contributed by atoms with Gasteiger partial charge in [-0.3, -0.25) is 4.79 Å². The van der Waals surface area contributed by atoms with E-state index in [0.717, 1.165) is 25.7 Å². The van der Waals surface area contributed by atoms with E-state index in [4.69, 9.17) is 5.11 Å². The van der Waals surface area contributed by atoms with Crippen molar-refractivity contribution in [2.75, 3.05) is 13.2 Å². The Bertz CT molecular complexity index is 435. The van der Waals surface area contributed by atoms with Crippen LogP contribution in [-0.4, -0.2) is 24.2 Å². The molecule has 2 N–H and O–H groups in total. The summed E-state index contributed by atoms with van der Waals surface area (Å²) in [5.41, 5.74) is 0. The number of aliphatic hydroxyl groups is 1. The van der Waals surface area contributed by atoms with Gasteiger partial charge in [0.15, 0.2) is 0 Å². The summed E-state index contributed by atoms with van der Waals surface area (Å²) in [5, 5.41) is 11.3. The summed E-state index contributed by atoms with van der Waals surface area (Å²) in [6, 6.07) is 0. The van der Waals surface area contributed by atoms with Crippen molar-refractivity contribution in [1.82, 2.24) is 5.32 Å². The van der Waals surface area contributed by atoms with Gasteiger partial charge in [0.25, 0.3) is 0 Å². The van der Waals surface area contributed by atoms with Crippen molar-refractivity contribution in [3.63, 3.8) is 0 Å². The van der Waals surface area contributed by atoms with Crippen LogP contribution in [0, 0.1) is 5.92 Å². The highest BCUT2D eigenvalue weighted by molar-refractivity contribution is 5.75. The smallest absolute Gasteiger partial charge is 0.220 e. The Kier molecular flexibility index (Phi) is 18.5. The van der Waals surface area contributed by atoms with Crippen molar-refractivity contribution < 1.29 is 9.90 Å². The summed E-state index contributed by atoms with van der Waals surface area (Å²) in [5.74, 6) is 0.482. The number of hydrogen-bond donors (Lipinski definition) is 2. The van der Waals surface area contributed by atoms with Gasteiger partial charge in [-0.1, -0.05) is 75.3 Å². The van der Waals surface area contributed by atoms with Gasteiger partial charge in [0.2, 0.25) is 5.91 Å². The standard InChI is InChI=1S/C23H39NO2/c1-3-4-5-6-7-8-11-14-17-22(2)18-15-12-9-10-13-16-19-23(26)24-20-21-25/h7-10,14-15,17-18,22,25H,3-6,11-13,16,19-21H2,1-2H3,(H,24,26)/b8-7-,10-9-,17-14-,18-15-. The highest BCUT2D eigenvalue weighted by atomic mass is 16.3. The van der Waals surface area contributed by atoms with Crippen molar-refractivity contribution in [2.24, 2.45) is 5.92 Å². The number of unbranched alkanes of at least 4 members (excludes halogenated alkanes) is 4. The fourth-order valence-electron chi connectivity index (χ4n) is 2.41. The van der Waals surface area contributed by atoms with Gasteiger partial charge in [0.05, 0.1) is 6.61 Å². The molecule has 0 spiro atoms. The Labute approximate surface area is 161 Å². The molecule has 0 aromatic heterocycles. The van der Waals surface area contributed by atoms with E-state index in [0.29, 0.717) is 18.9 Å². The fraction of sp³-hybridized carbons (Fsp3) is 0.609. The van der Waals surface area contributed by atoms with Gasteiger partial charge < -0.3 is 10.4 Å². The lowest BCUT2D eigenvalue weighted by Crippen LogP contribution is -2.25. The van der Waals surface area contributed by atoms with Gasteiger partial charge in [0, 0.05) is 13.0 Å². The van der Waals surface area contributed by atoms with Crippen LogP contribution in [0.4, 0.5) is 0 Å². The number of carbonyl (C=O) groups excluding carboxylic acids is 1. The molecule has 0 bridgehead atoms. The molecule has 1 unspecified atom stereocenters. The minimum atomic E-state index is 0.00133. The van der Waals surface area contributed by atoms with Crippen molar-refractivity contribution in [2.45, 2.75) is 71.6 Å². The lowest BCUT2D eigenvalue weighted by molar-refractivity contribution is -0.121.